The predicted octanol–water partition coefficient (Wildman–Crippen LogP) is 3.71. The summed E-state index contributed by atoms with van der Waals surface area (Å²) < 4.78 is 1.39. The Bertz CT molecular complexity index is 606. The van der Waals surface area contributed by atoms with Gasteiger partial charge in [0.05, 0.1) is 0 Å². The van der Waals surface area contributed by atoms with E-state index in [1.165, 1.54) is 41.3 Å². The zero-order chi connectivity index (χ0) is 13.5. The Hall–Kier alpha value is -0.900. The number of thiophene rings is 1. The third kappa shape index (κ3) is 2.09. The molecule has 4 atom stereocenters. The van der Waals surface area contributed by atoms with Gasteiger partial charge >= 0.3 is 0 Å². The van der Waals surface area contributed by atoms with Crippen LogP contribution in [-0.2, 0) is 6.42 Å². The average molecular weight is 286 g/mol. The lowest BCUT2D eigenvalue weighted by atomic mass is 9.81. The Balaban J connectivity index is 1.57. The van der Waals surface area contributed by atoms with Crippen LogP contribution in [0.3, 0.4) is 0 Å². The molecule has 4 unspecified atom stereocenters. The zero-order valence-corrected chi connectivity index (χ0v) is 12.5. The van der Waals surface area contributed by atoms with Crippen molar-refractivity contribution in [3.8, 4) is 0 Å². The highest BCUT2D eigenvalue weighted by Crippen LogP contribution is 2.50. The molecule has 0 amide bonds. The van der Waals surface area contributed by atoms with Crippen LogP contribution >= 0.6 is 11.3 Å². The van der Waals surface area contributed by atoms with Crippen LogP contribution in [-0.4, -0.2) is 6.04 Å². The number of benzene rings is 1. The van der Waals surface area contributed by atoms with E-state index in [-0.39, 0.29) is 0 Å². The van der Waals surface area contributed by atoms with Crippen LogP contribution in [0.2, 0.25) is 0 Å². The molecule has 2 aliphatic carbocycles. The number of nitrogens with one attached hydrogen (secondary N) is 1. The zero-order valence-electron chi connectivity index (χ0n) is 11.7. The van der Waals surface area contributed by atoms with Crippen molar-refractivity contribution in [1.82, 2.24) is 5.43 Å². The fourth-order valence-corrected chi connectivity index (χ4v) is 5.52. The monoisotopic (exact) mass is 286 g/mol. The van der Waals surface area contributed by atoms with Gasteiger partial charge in [-0.3, -0.25) is 11.3 Å². The van der Waals surface area contributed by atoms with Gasteiger partial charge in [-0.2, -0.15) is 0 Å². The molecule has 2 nitrogen and oxygen atoms in total. The number of rotatable bonds is 4. The van der Waals surface area contributed by atoms with Gasteiger partial charge in [0.25, 0.3) is 0 Å². The quantitative estimate of drug-likeness (QED) is 0.664. The third-order valence-corrected chi connectivity index (χ3v) is 6.54. The van der Waals surface area contributed by atoms with Gasteiger partial charge in [0, 0.05) is 10.7 Å². The van der Waals surface area contributed by atoms with Gasteiger partial charge < -0.3 is 0 Å². The van der Waals surface area contributed by atoms with Crippen molar-refractivity contribution < 1.29 is 0 Å². The normalized spacial score (nSPS) is 30.1. The first-order chi connectivity index (χ1) is 9.85. The minimum atomic E-state index is 0.448. The highest BCUT2D eigenvalue weighted by molar-refractivity contribution is 7.17. The summed E-state index contributed by atoms with van der Waals surface area (Å²) in [6, 6.07) is 9.17. The van der Waals surface area contributed by atoms with Crippen molar-refractivity contribution in [2.45, 2.75) is 38.1 Å². The molecule has 106 valence electrons. The second-order valence-electron chi connectivity index (χ2n) is 6.57. The fourth-order valence-electron chi connectivity index (χ4n) is 4.55. The molecule has 1 aromatic heterocycles. The molecule has 0 radical (unpaired) electrons. The first-order valence-electron chi connectivity index (χ1n) is 7.76. The number of hydrogen-bond donors (Lipinski definition) is 2. The maximum atomic E-state index is 5.90. The minimum absolute atomic E-state index is 0.448. The summed E-state index contributed by atoms with van der Waals surface area (Å²) in [5, 5.41) is 3.74. The van der Waals surface area contributed by atoms with E-state index < -0.39 is 0 Å². The Kier molecular flexibility index (Phi) is 3.29. The first-order valence-corrected chi connectivity index (χ1v) is 8.64. The van der Waals surface area contributed by atoms with Crippen molar-refractivity contribution in [2.24, 2.45) is 23.6 Å². The summed E-state index contributed by atoms with van der Waals surface area (Å²) in [4.78, 5) is 0. The molecular weight excluding hydrogens is 264 g/mol. The van der Waals surface area contributed by atoms with Gasteiger partial charge in [0.15, 0.2) is 0 Å². The van der Waals surface area contributed by atoms with E-state index in [0.29, 0.717) is 6.04 Å². The van der Waals surface area contributed by atoms with Crippen LogP contribution in [0, 0.1) is 17.8 Å². The van der Waals surface area contributed by atoms with Gasteiger partial charge in [-0.25, -0.2) is 0 Å². The van der Waals surface area contributed by atoms with Gasteiger partial charge in [-0.05, 0) is 65.8 Å². The Morgan fingerprint density at radius 1 is 1.25 bits per heavy atom. The Labute approximate surface area is 124 Å². The van der Waals surface area contributed by atoms with Crippen molar-refractivity contribution in [2.75, 3.05) is 0 Å². The first kappa shape index (κ1) is 12.8. The summed E-state index contributed by atoms with van der Waals surface area (Å²) >= 11 is 1.86. The van der Waals surface area contributed by atoms with Crippen molar-refractivity contribution >= 4 is 21.4 Å². The van der Waals surface area contributed by atoms with Gasteiger partial charge in [0.1, 0.15) is 0 Å². The van der Waals surface area contributed by atoms with E-state index in [1.54, 1.807) is 0 Å². The standard InChI is InChI=1S/C17H22N2S/c18-19-16(15-8-11-5-6-12(15)7-11)9-13-10-20-17-4-2-1-3-14(13)17/h1-4,10-12,15-16,19H,5-9,18H2. The molecule has 3 heteroatoms. The maximum Gasteiger partial charge on any atom is 0.0345 e. The largest absolute Gasteiger partial charge is 0.271 e. The van der Waals surface area contributed by atoms with Crippen LogP contribution in [0.5, 0.6) is 0 Å². The van der Waals surface area contributed by atoms with Gasteiger partial charge in [-0.1, -0.05) is 24.6 Å². The van der Waals surface area contributed by atoms with E-state index in [0.717, 1.165) is 24.2 Å². The summed E-state index contributed by atoms with van der Waals surface area (Å²) in [5.41, 5.74) is 4.61. The molecule has 2 saturated carbocycles. The summed E-state index contributed by atoms with van der Waals surface area (Å²) in [5.74, 6) is 8.60. The molecule has 2 bridgehead atoms. The molecule has 1 heterocycles. The van der Waals surface area contributed by atoms with Crippen molar-refractivity contribution in [3.05, 3.63) is 35.2 Å². The number of hydrazine groups is 1. The summed E-state index contributed by atoms with van der Waals surface area (Å²) in [6.45, 7) is 0. The van der Waals surface area contributed by atoms with Gasteiger partial charge in [0.2, 0.25) is 0 Å². The molecule has 4 rings (SSSR count). The van der Waals surface area contributed by atoms with E-state index in [4.69, 9.17) is 5.84 Å². The predicted molar refractivity (Wildman–Crippen MR) is 85.6 cm³/mol. The molecule has 0 saturated heterocycles. The summed E-state index contributed by atoms with van der Waals surface area (Å²) in [6.07, 6.45) is 6.81. The minimum Gasteiger partial charge on any atom is -0.271 e. The van der Waals surface area contributed by atoms with Crippen molar-refractivity contribution in [1.29, 1.82) is 0 Å². The van der Waals surface area contributed by atoms with Crippen LogP contribution in [0.4, 0.5) is 0 Å². The molecule has 2 aromatic rings. The summed E-state index contributed by atoms with van der Waals surface area (Å²) in [7, 11) is 0. The molecule has 0 spiro atoms. The highest BCUT2D eigenvalue weighted by Gasteiger charge is 2.42. The number of hydrogen-bond acceptors (Lipinski definition) is 3. The second-order valence-corrected chi connectivity index (χ2v) is 7.48. The number of fused-ring (bicyclic) bond motifs is 3. The van der Waals surface area contributed by atoms with Crippen molar-refractivity contribution in [3.63, 3.8) is 0 Å². The van der Waals surface area contributed by atoms with Crippen LogP contribution in [0.15, 0.2) is 29.6 Å². The molecule has 20 heavy (non-hydrogen) atoms. The molecule has 3 N–H and O–H groups in total. The van der Waals surface area contributed by atoms with Crippen LogP contribution in [0.25, 0.3) is 10.1 Å². The van der Waals surface area contributed by atoms with E-state index >= 15 is 0 Å². The van der Waals surface area contributed by atoms with Crippen LogP contribution in [0.1, 0.15) is 31.2 Å². The SMILES string of the molecule is NNC(Cc1csc2ccccc12)C1CC2CCC1C2. The molecule has 2 fully saturated rings. The average Bonchev–Trinajstić information content (AvgIpc) is 3.20. The lowest BCUT2D eigenvalue weighted by molar-refractivity contribution is 0.248. The topological polar surface area (TPSA) is 38.0 Å². The third-order valence-electron chi connectivity index (χ3n) is 5.52. The maximum absolute atomic E-state index is 5.90. The lowest BCUT2D eigenvalue weighted by Gasteiger charge is -2.30. The second kappa shape index (κ2) is 5.14. The molecule has 1 aromatic carbocycles. The highest BCUT2D eigenvalue weighted by atomic mass is 32.1. The molecule has 2 aliphatic rings. The Morgan fingerprint density at radius 2 is 2.15 bits per heavy atom. The lowest BCUT2D eigenvalue weighted by Crippen LogP contribution is -2.44. The fraction of sp³-hybridized carbons (Fsp3) is 0.529. The van der Waals surface area contributed by atoms with E-state index in [1.807, 2.05) is 11.3 Å². The molecule has 0 aliphatic heterocycles. The smallest absolute Gasteiger partial charge is 0.0345 e. The van der Waals surface area contributed by atoms with E-state index in [2.05, 4.69) is 35.1 Å². The number of nitrogens with two attached hydrogens (primary N) is 1. The Morgan fingerprint density at radius 3 is 2.90 bits per heavy atom. The molecular formula is C17H22N2S. The van der Waals surface area contributed by atoms with Crippen LogP contribution < -0.4 is 11.3 Å². The van der Waals surface area contributed by atoms with E-state index in [9.17, 15) is 0 Å². The van der Waals surface area contributed by atoms with Gasteiger partial charge in [-0.15, -0.1) is 11.3 Å².